The van der Waals surface area contributed by atoms with Crippen molar-refractivity contribution in [1.82, 2.24) is 4.98 Å². The number of hydrogen-bond acceptors (Lipinski definition) is 2. The Morgan fingerprint density at radius 3 is 2.24 bits per heavy atom. The van der Waals surface area contributed by atoms with Gasteiger partial charge in [0, 0.05) is 22.7 Å². The lowest BCUT2D eigenvalue weighted by molar-refractivity contribution is -0.136. The van der Waals surface area contributed by atoms with Gasteiger partial charge >= 0.3 is 12.1 Å². The highest BCUT2D eigenvalue weighted by Gasteiger charge is 2.33. The molecule has 0 bridgehead atoms. The van der Waals surface area contributed by atoms with E-state index in [1.165, 1.54) is 24.4 Å². The number of nitrogens with zero attached hydrogens (tertiary/aromatic N) is 1. The Bertz CT molecular complexity index is 1700. The summed E-state index contributed by atoms with van der Waals surface area (Å²) in [6.45, 7) is 0. The third-order valence-electron chi connectivity index (χ3n) is 6.15. The molecule has 0 unspecified atom stereocenters. The number of para-hydroxylation sites is 1. The van der Waals surface area contributed by atoms with Gasteiger partial charge in [-0.2, -0.15) is 13.2 Å². The molecule has 0 radical (unpaired) electrons. The maximum Gasteiger partial charge on any atom is 0.418 e. The zero-order valence-electron chi connectivity index (χ0n) is 20.0. The monoisotopic (exact) mass is 507 g/mol. The number of aromatic carboxylic acids is 1. The lowest BCUT2D eigenvalue weighted by Crippen LogP contribution is -2.07. The van der Waals surface area contributed by atoms with Crippen LogP contribution in [0, 0.1) is 11.8 Å². The largest absolute Gasteiger partial charge is 0.478 e. The average Bonchev–Trinajstić information content (AvgIpc) is 2.92. The Balaban J connectivity index is 1.63. The Labute approximate surface area is 217 Å². The van der Waals surface area contributed by atoms with Crippen LogP contribution in [0.4, 0.5) is 13.2 Å². The SMILES string of the molecule is O=C(O)c1ccc(C#Cc2cccc(-c3c(Cc4ccccc4)cnc4c(C(F)(F)F)cccc34)c2)cc1. The highest BCUT2D eigenvalue weighted by atomic mass is 19.4. The Morgan fingerprint density at radius 1 is 0.816 bits per heavy atom. The van der Waals surface area contributed by atoms with Crippen molar-refractivity contribution in [2.45, 2.75) is 12.6 Å². The minimum Gasteiger partial charge on any atom is -0.478 e. The fraction of sp³-hybridized carbons (Fsp3) is 0.0625. The fourth-order valence-corrected chi connectivity index (χ4v) is 4.38. The summed E-state index contributed by atoms with van der Waals surface area (Å²) in [5, 5.41) is 9.49. The van der Waals surface area contributed by atoms with E-state index in [1.54, 1.807) is 18.2 Å². The van der Waals surface area contributed by atoms with Crippen LogP contribution < -0.4 is 0 Å². The van der Waals surface area contributed by atoms with E-state index in [4.69, 9.17) is 5.11 Å². The molecule has 0 amide bonds. The van der Waals surface area contributed by atoms with Gasteiger partial charge in [-0.1, -0.05) is 66.4 Å². The van der Waals surface area contributed by atoms with Crippen molar-refractivity contribution in [3.63, 3.8) is 0 Å². The topological polar surface area (TPSA) is 50.2 Å². The van der Waals surface area contributed by atoms with Crippen LogP contribution in [0.5, 0.6) is 0 Å². The molecule has 0 spiro atoms. The van der Waals surface area contributed by atoms with Gasteiger partial charge in [-0.25, -0.2) is 4.79 Å². The van der Waals surface area contributed by atoms with E-state index in [0.29, 0.717) is 28.5 Å². The standard InChI is InChI=1S/C32H20F3NO2/c33-32(34,35)28-11-5-10-27-29(26(20-36-30(27)28)19-22-6-2-1-3-7-22)25-9-4-8-23(18-25)13-12-21-14-16-24(17-15-21)31(37)38/h1-11,14-18,20H,19H2,(H,37,38). The summed E-state index contributed by atoms with van der Waals surface area (Å²) in [4.78, 5) is 15.3. The Hall–Kier alpha value is -4.89. The van der Waals surface area contributed by atoms with Crippen molar-refractivity contribution < 1.29 is 23.1 Å². The summed E-state index contributed by atoms with van der Waals surface area (Å²) >= 11 is 0. The number of aromatic nitrogens is 1. The van der Waals surface area contributed by atoms with Crippen LogP contribution in [0.3, 0.4) is 0 Å². The lowest BCUT2D eigenvalue weighted by atomic mass is 9.91. The number of rotatable bonds is 4. The zero-order valence-corrected chi connectivity index (χ0v) is 20.0. The van der Waals surface area contributed by atoms with E-state index in [1.807, 2.05) is 54.6 Å². The first kappa shape index (κ1) is 24.8. The van der Waals surface area contributed by atoms with Crippen LogP contribution in [0.25, 0.3) is 22.0 Å². The minimum atomic E-state index is -4.53. The quantitative estimate of drug-likeness (QED) is 0.255. The maximum atomic E-state index is 13.8. The van der Waals surface area contributed by atoms with E-state index in [-0.39, 0.29) is 11.1 Å². The van der Waals surface area contributed by atoms with Crippen LogP contribution in [0.15, 0.2) is 103 Å². The molecule has 4 aromatic carbocycles. The van der Waals surface area contributed by atoms with Crippen LogP contribution in [0.2, 0.25) is 0 Å². The molecule has 0 aliphatic heterocycles. The molecule has 5 aromatic rings. The number of fused-ring (bicyclic) bond motifs is 1. The van der Waals surface area contributed by atoms with E-state index >= 15 is 0 Å². The van der Waals surface area contributed by atoms with E-state index in [9.17, 15) is 18.0 Å². The van der Waals surface area contributed by atoms with Crippen molar-refractivity contribution in [2.24, 2.45) is 0 Å². The molecule has 3 nitrogen and oxygen atoms in total. The second-order valence-corrected chi connectivity index (χ2v) is 8.73. The third kappa shape index (κ3) is 5.28. The third-order valence-corrected chi connectivity index (χ3v) is 6.15. The van der Waals surface area contributed by atoms with Crippen molar-refractivity contribution in [2.75, 3.05) is 0 Å². The number of alkyl halides is 3. The first-order chi connectivity index (χ1) is 18.3. The van der Waals surface area contributed by atoms with Gasteiger partial charge < -0.3 is 5.11 Å². The van der Waals surface area contributed by atoms with Gasteiger partial charge in [0.05, 0.1) is 16.6 Å². The van der Waals surface area contributed by atoms with Crippen molar-refractivity contribution in [3.05, 3.63) is 137 Å². The summed E-state index contributed by atoms with van der Waals surface area (Å²) in [5.74, 6) is 5.09. The van der Waals surface area contributed by atoms with Crippen molar-refractivity contribution in [1.29, 1.82) is 0 Å². The molecule has 0 atom stereocenters. The molecule has 0 saturated carbocycles. The number of pyridine rings is 1. The highest BCUT2D eigenvalue weighted by molar-refractivity contribution is 5.98. The zero-order chi connectivity index (χ0) is 26.7. The molecule has 186 valence electrons. The lowest BCUT2D eigenvalue weighted by Gasteiger charge is -2.16. The Kier molecular flexibility index (Phi) is 6.68. The molecule has 1 heterocycles. The molecule has 38 heavy (non-hydrogen) atoms. The molecule has 0 fully saturated rings. The van der Waals surface area contributed by atoms with Crippen molar-refractivity contribution in [3.8, 4) is 23.0 Å². The van der Waals surface area contributed by atoms with Gasteiger partial charge in [0.25, 0.3) is 0 Å². The predicted octanol–water partition coefficient (Wildman–Crippen LogP) is 7.61. The second kappa shape index (κ2) is 10.2. The van der Waals surface area contributed by atoms with Crippen molar-refractivity contribution >= 4 is 16.9 Å². The summed E-state index contributed by atoms with van der Waals surface area (Å²) in [7, 11) is 0. The smallest absolute Gasteiger partial charge is 0.418 e. The number of benzene rings is 4. The molecule has 0 saturated heterocycles. The summed E-state index contributed by atoms with van der Waals surface area (Å²) in [5.41, 5.74) is 3.85. The minimum absolute atomic E-state index is 0.0955. The van der Waals surface area contributed by atoms with E-state index < -0.39 is 17.7 Å². The van der Waals surface area contributed by atoms with Gasteiger partial charge in [0.2, 0.25) is 0 Å². The predicted molar refractivity (Wildman–Crippen MR) is 141 cm³/mol. The number of hydrogen-bond donors (Lipinski definition) is 1. The van der Waals surface area contributed by atoms with Gasteiger partial charge in [-0.05, 0) is 71.1 Å². The molecule has 0 aliphatic rings. The Morgan fingerprint density at radius 2 is 1.53 bits per heavy atom. The van der Waals surface area contributed by atoms with Gasteiger partial charge in [0.1, 0.15) is 0 Å². The summed E-state index contributed by atoms with van der Waals surface area (Å²) in [6.07, 6.45) is -2.50. The van der Waals surface area contributed by atoms with Crippen LogP contribution >= 0.6 is 0 Å². The number of carboxylic acids is 1. The number of carboxylic acid groups (broad SMARTS) is 1. The molecular weight excluding hydrogens is 487 g/mol. The van der Waals surface area contributed by atoms with Crippen LogP contribution in [-0.2, 0) is 12.6 Å². The number of carbonyl (C=O) groups is 1. The fourth-order valence-electron chi connectivity index (χ4n) is 4.38. The second-order valence-electron chi connectivity index (χ2n) is 8.73. The number of halogens is 3. The normalized spacial score (nSPS) is 11.1. The molecular formula is C32H20F3NO2. The molecule has 5 rings (SSSR count). The molecule has 1 aromatic heterocycles. The molecule has 0 aliphatic carbocycles. The summed E-state index contributed by atoms with van der Waals surface area (Å²) in [6, 6.07) is 27.4. The average molecular weight is 508 g/mol. The van der Waals surface area contributed by atoms with Gasteiger partial charge in [-0.15, -0.1) is 0 Å². The summed E-state index contributed by atoms with van der Waals surface area (Å²) < 4.78 is 41.4. The van der Waals surface area contributed by atoms with E-state index in [0.717, 1.165) is 22.8 Å². The first-order valence-corrected chi connectivity index (χ1v) is 11.8. The van der Waals surface area contributed by atoms with Gasteiger partial charge in [-0.3, -0.25) is 4.98 Å². The first-order valence-electron chi connectivity index (χ1n) is 11.8. The van der Waals surface area contributed by atoms with Crippen LogP contribution in [-0.4, -0.2) is 16.1 Å². The van der Waals surface area contributed by atoms with Gasteiger partial charge in [0.15, 0.2) is 0 Å². The highest BCUT2D eigenvalue weighted by Crippen LogP contribution is 2.39. The molecule has 6 heteroatoms. The van der Waals surface area contributed by atoms with E-state index in [2.05, 4.69) is 16.8 Å². The maximum absolute atomic E-state index is 13.8. The molecule has 1 N–H and O–H groups in total. The van der Waals surface area contributed by atoms with Crippen LogP contribution in [0.1, 0.15) is 38.2 Å².